The van der Waals surface area contributed by atoms with E-state index in [1.54, 1.807) is 0 Å². The molecule has 1 aromatic carbocycles. The molecule has 108 valence electrons. The summed E-state index contributed by atoms with van der Waals surface area (Å²) in [6.07, 6.45) is -6.50. The van der Waals surface area contributed by atoms with Gasteiger partial charge in [-0.3, -0.25) is 0 Å². The Hall–Kier alpha value is -1.37. The molecule has 1 N–H and O–H groups in total. The van der Waals surface area contributed by atoms with Gasteiger partial charge in [0.25, 0.3) is 0 Å². The standard InChI is InChI=1S/C12H13F5O2/c13-11(14)19-9-5-3-8(4-6-9)10(18)2-1-7-12(15,16)17/h3-6,10-11,18H,1-2,7H2. The molecule has 1 aromatic rings. The van der Waals surface area contributed by atoms with Gasteiger partial charge in [-0.1, -0.05) is 12.1 Å². The number of hydrogen-bond acceptors (Lipinski definition) is 2. The lowest BCUT2D eigenvalue weighted by atomic mass is 10.0. The van der Waals surface area contributed by atoms with Crippen molar-refractivity contribution in [3.63, 3.8) is 0 Å². The fraction of sp³-hybridized carbons (Fsp3) is 0.500. The molecule has 0 aliphatic carbocycles. The maximum absolute atomic E-state index is 11.9. The Morgan fingerprint density at radius 3 is 2.16 bits per heavy atom. The third-order valence-electron chi connectivity index (χ3n) is 2.43. The lowest BCUT2D eigenvalue weighted by Crippen LogP contribution is -2.08. The lowest BCUT2D eigenvalue weighted by molar-refractivity contribution is -0.136. The molecule has 0 saturated heterocycles. The van der Waals surface area contributed by atoms with Gasteiger partial charge in [0.1, 0.15) is 5.75 Å². The molecule has 1 unspecified atom stereocenters. The molecule has 0 saturated carbocycles. The molecule has 1 atom stereocenters. The van der Waals surface area contributed by atoms with Crippen LogP contribution in [0.2, 0.25) is 0 Å². The molecule has 0 amide bonds. The van der Waals surface area contributed by atoms with Crippen LogP contribution in [0.15, 0.2) is 24.3 Å². The van der Waals surface area contributed by atoms with Crippen molar-refractivity contribution >= 4 is 0 Å². The summed E-state index contributed by atoms with van der Waals surface area (Å²) in [5.41, 5.74) is 0.365. The van der Waals surface area contributed by atoms with Crippen LogP contribution in [-0.4, -0.2) is 17.9 Å². The first kappa shape index (κ1) is 15.7. The van der Waals surface area contributed by atoms with Gasteiger partial charge in [-0.15, -0.1) is 0 Å². The topological polar surface area (TPSA) is 29.5 Å². The van der Waals surface area contributed by atoms with Crippen LogP contribution in [0.5, 0.6) is 5.75 Å². The van der Waals surface area contributed by atoms with Gasteiger partial charge in [0, 0.05) is 6.42 Å². The quantitative estimate of drug-likeness (QED) is 0.798. The maximum Gasteiger partial charge on any atom is 0.389 e. The second-order valence-electron chi connectivity index (χ2n) is 3.97. The summed E-state index contributed by atoms with van der Waals surface area (Å²) in [6, 6.07) is 5.15. The Bertz CT molecular complexity index is 375. The van der Waals surface area contributed by atoms with E-state index in [0.29, 0.717) is 5.56 Å². The smallest absolute Gasteiger partial charge is 0.389 e. The SMILES string of the molecule is OC(CCCC(F)(F)F)c1ccc(OC(F)F)cc1. The zero-order chi connectivity index (χ0) is 14.5. The summed E-state index contributed by atoms with van der Waals surface area (Å²) in [5, 5.41) is 9.63. The Morgan fingerprint density at radius 1 is 1.11 bits per heavy atom. The van der Waals surface area contributed by atoms with Crippen molar-refractivity contribution < 1.29 is 31.8 Å². The minimum Gasteiger partial charge on any atom is -0.435 e. The average Bonchev–Trinajstić information content (AvgIpc) is 2.27. The maximum atomic E-state index is 11.9. The molecule has 7 heteroatoms. The Balaban J connectivity index is 2.46. The third kappa shape index (κ3) is 6.37. The molecule has 2 nitrogen and oxygen atoms in total. The largest absolute Gasteiger partial charge is 0.435 e. The van der Waals surface area contributed by atoms with E-state index in [1.165, 1.54) is 24.3 Å². The van der Waals surface area contributed by atoms with E-state index in [0.717, 1.165) is 0 Å². The summed E-state index contributed by atoms with van der Waals surface area (Å²) in [4.78, 5) is 0. The predicted octanol–water partition coefficient (Wildman–Crippen LogP) is 4.05. The van der Waals surface area contributed by atoms with Gasteiger partial charge in [-0.2, -0.15) is 22.0 Å². The van der Waals surface area contributed by atoms with Gasteiger partial charge in [0.2, 0.25) is 0 Å². The van der Waals surface area contributed by atoms with Gasteiger partial charge < -0.3 is 9.84 Å². The van der Waals surface area contributed by atoms with Gasteiger partial charge in [-0.25, -0.2) is 0 Å². The highest BCUT2D eigenvalue weighted by Crippen LogP contribution is 2.27. The van der Waals surface area contributed by atoms with Crippen molar-refractivity contribution in [2.75, 3.05) is 0 Å². The minimum absolute atomic E-state index is 0.0471. The van der Waals surface area contributed by atoms with Crippen molar-refractivity contribution in [3.8, 4) is 5.75 Å². The summed E-state index contributed by atoms with van der Waals surface area (Å²) >= 11 is 0. The van der Waals surface area contributed by atoms with E-state index in [4.69, 9.17) is 0 Å². The highest BCUT2D eigenvalue weighted by atomic mass is 19.4. The molecular formula is C12H13F5O2. The van der Waals surface area contributed by atoms with Crippen molar-refractivity contribution in [2.45, 2.75) is 38.2 Å². The van der Waals surface area contributed by atoms with Gasteiger partial charge in [0.15, 0.2) is 0 Å². The molecule has 0 radical (unpaired) electrons. The average molecular weight is 284 g/mol. The van der Waals surface area contributed by atoms with E-state index in [9.17, 15) is 27.1 Å². The number of aliphatic hydroxyl groups excluding tert-OH is 1. The monoisotopic (exact) mass is 284 g/mol. The first-order chi connectivity index (χ1) is 8.78. The highest BCUT2D eigenvalue weighted by molar-refractivity contribution is 5.28. The van der Waals surface area contributed by atoms with E-state index in [1.807, 2.05) is 0 Å². The van der Waals surface area contributed by atoms with Gasteiger partial charge >= 0.3 is 12.8 Å². The highest BCUT2D eigenvalue weighted by Gasteiger charge is 2.26. The van der Waals surface area contributed by atoms with Crippen molar-refractivity contribution in [1.29, 1.82) is 0 Å². The van der Waals surface area contributed by atoms with Crippen LogP contribution >= 0.6 is 0 Å². The minimum atomic E-state index is -4.24. The summed E-state index contributed by atoms with van der Waals surface area (Å²) in [7, 11) is 0. The lowest BCUT2D eigenvalue weighted by Gasteiger charge is -2.12. The zero-order valence-corrected chi connectivity index (χ0v) is 9.83. The summed E-state index contributed by atoms with van der Waals surface area (Å²) in [5.74, 6) is -0.0683. The van der Waals surface area contributed by atoms with Gasteiger partial charge in [0.05, 0.1) is 6.10 Å². The van der Waals surface area contributed by atoms with Crippen LogP contribution in [0.1, 0.15) is 30.9 Å². The van der Waals surface area contributed by atoms with E-state index in [2.05, 4.69) is 4.74 Å². The second-order valence-corrected chi connectivity index (χ2v) is 3.97. The van der Waals surface area contributed by atoms with Crippen LogP contribution < -0.4 is 4.74 Å². The van der Waals surface area contributed by atoms with Crippen LogP contribution in [0.25, 0.3) is 0 Å². The molecule has 1 rings (SSSR count). The number of rotatable bonds is 6. The van der Waals surface area contributed by atoms with Crippen LogP contribution in [-0.2, 0) is 0 Å². The van der Waals surface area contributed by atoms with Crippen molar-refractivity contribution in [3.05, 3.63) is 29.8 Å². The van der Waals surface area contributed by atoms with Gasteiger partial charge in [-0.05, 0) is 30.5 Å². The molecule has 0 aliphatic rings. The third-order valence-corrected chi connectivity index (χ3v) is 2.43. The van der Waals surface area contributed by atoms with E-state index >= 15 is 0 Å². The second kappa shape index (κ2) is 6.70. The predicted molar refractivity (Wildman–Crippen MR) is 57.9 cm³/mol. The number of aliphatic hydroxyl groups is 1. The van der Waals surface area contributed by atoms with Crippen LogP contribution in [0.3, 0.4) is 0 Å². The van der Waals surface area contributed by atoms with Crippen molar-refractivity contribution in [1.82, 2.24) is 0 Å². The molecule has 0 bridgehead atoms. The number of alkyl halides is 5. The van der Waals surface area contributed by atoms with Crippen molar-refractivity contribution in [2.24, 2.45) is 0 Å². The molecule has 0 spiro atoms. The number of benzene rings is 1. The van der Waals surface area contributed by atoms with E-state index < -0.39 is 25.3 Å². The normalized spacial score (nSPS) is 13.6. The summed E-state index contributed by atoms with van der Waals surface area (Å²) < 4.78 is 63.6. The number of ether oxygens (including phenoxy) is 1. The molecule has 19 heavy (non-hydrogen) atoms. The molecular weight excluding hydrogens is 271 g/mol. The summed E-state index contributed by atoms with van der Waals surface area (Å²) in [6.45, 7) is -2.94. The molecule has 0 aromatic heterocycles. The molecule has 0 heterocycles. The molecule has 0 fully saturated rings. The first-order valence-electron chi connectivity index (χ1n) is 5.57. The zero-order valence-electron chi connectivity index (χ0n) is 9.83. The van der Waals surface area contributed by atoms with Crippen LogP contribution in [0.4, 0.5) is 22.0 Å². The fourth-order valence-electron chi connectivity index (χ4n) is 1.53. The van der Waals surface area contributed by atoms with E-state index in [-0.39, 0.29) is 18.6 Å². The Morgan fingerprint density at radius 2 is 1.68 bits per heavy atom. The molecule has 0 aliphatic heterocycles. The first-order valence-corrected chi connectivity index (χ1v) is 5.57. The Kier molecular flexibility index (Phi) is 5.53. The Labute approximate surface area is 106 Å². The fourth-order valence-corrected chi connectivity index (χ4v) is 1.53. The number of hydrogen-bond donors (Lipinski definition) is 1. The number of halogens is 5. The van der Waals surface area contributed by atoms with Crippen LogP contribution in [0, 0.1) is 0 Å².